The number of hydrogen-bond donors (Lipinski definition) is 2. The normalized spacial score (nSPS) is 20.0. The number of anilines is 1. The summed E-state index contributed by atoms with van der Waals surface area (Å²) >= 11 is 0. The van der Waals surface area contributed by atoms with E-state index < -0.39 is 29.7 Å². The first-order valence-electron chi connectivity index (χ1n) is 9.90. The van der Waals surface area contributed by atoms with Crippen LogP contribution >= 0.6 is 0 Å². The Labute approximate surface area is 179 Å². The fraction of sp³-hybridized carbons (Fsp3) is 0.318. The summed E-state index contributed by atoms with van der Waals surface area (Å²) in [6.45, 7) is 2.70. The third-order valence-corrected chi connectivity index (χ3v) is 5.21. The molecule has 1 fully saturated rings. The van der Waals surface area contributed by atoms with E-state index in [4.69, 9.17) is 9.47 Å². The van der Waals surface area contributed by atoms with E-state index in [1.807, 2.05) is 0 Å². The molecule has 31 heavy (non-hydrogen) atoms. The minimum Gasteiger partial charge on any atom is -0.346 e. The van der Waals surface area contributed by atoms with Crippen LogP contribution in [0.2, 0.25) is 0 Å². The summed E-state index contributed by atoms with van der Waals surface area (Å²) in [6, 6.07) is 12.7. The predicted molar refractivity (Wildman–Crippen MR) is 113 cm³/mol. The Kier molecular flexibility index (Phi) is 5.71. The van der Waals surface area contributed by atoms with Gasteiger partial charge in [0.2, 0.25) is 6.17 Å². The Hall–Kier alpha value is -3.30. The number of carbonyl (C=O) groups is 2. The van der Waals surface area contributed by atoms with Gasteiger partial charge in [-0.25, -0.2) is 14.2 Å². The number of ether oxygens (including phenoxy) is 2. The summed E-state index contributed by atoms with van der Waals surface area (Å²) in [7, 11) is 1.59. The fourth-order valence-corrected chi connectivity index (χ4v) is 3.56. The molecular weight excluding hydrogens is 403 g/mol. The summed E-state index contributed by atoms with van der Waals surface area (Å²) in [4.78, 5) is 31.4. The van der Waals surface area contributed by atoms with Crippen LogP contribution in [0, 0.1) is 5.82 Å². The number of nitrogens with zero attached hydrogens (tertiary/aromatic N) is 2. The van der Waals surface area contributed by atoms with Crippen LogP contribution in [0.3, 0.4) is 0 Å². The number of para-hydroxylation sites is 1. The first-order valence-corrected chi connectivity index (χ1v) is 9.90. The molecule has 2 aliphatic rings. The molecule has 0 aliphatic carbocycles. The van der Waals surface area contributed by atoms with Crippen LogP contribution in [0.5, 0.6) is 0 Å². The molecule has 9 heteroatoms. The van der Waals surface area contributed by atoms with Crippen LogP contribution < -0.4 is 15.5 Å². The van der Waals surface area contributed by atoms with Crippen LogP contribution in [-0.2, 0) is 14.3 Å². The van der Waals surface area contributed by atoms with Crippen LogP contribution in [0.1, 0.15) is 18.1 Å². The average molecular weight is 426 g/mol. The topological polar surface area (TPSA) is 92.3 Å². The zero-order chi connectivity index (χ0) is 22.0. The van der Waals surface area contributed by atoms with Crippen molar-refractivity contribution in [3.63, 3.8) is 0 Å². The quantitative estimate of drug-likeness (QED) is 0.783. The summed E-state index contributed by atoms with van der Waals surface area (Å²) < 4.78 is 25.5. The molecule has 1 unspecified atom stereocenters. The molecule has 1 saturated heterocycles. The number of benzene rings is 2. The van der Waals surface area contributed by atoms with Crippen molar-refractivity contribution >= 4 is 23.3 Å². The van der Waals surface area contributed by atoms with Crippen molar-refractivity contribution < 1.29 is 23.5 Å². The van der Waals surface area contributed by atoms with Crippen molar-refractivity contribution in [2.24, 2.45) is 4.99 Å². The second-order valence-electron chi connectivity index (χ2n) is 7.43. The molecule has 2 aromatic carbocycles. The number of carbonyl (C=O) groups excluding carboxylic acids is 2. The van der Waals surface area contributed by atoms with Gasteiger partial charge in [-0.2, -0.15) is 0 Å². The van der Waals surface area contributed by atoms with Crippen LogP contribution in [0.15, 0.2) is 53.5 Å². The monoisotopic (exact) mass is 426 g/mol. The predicted octanol–water partition coefficient (Wildman–Crippen LogP) is 2.03. The van der Waals surface area contributed by atoms with E-state index in [-0.39, 0.29) is 17.8 Å². The van der Waals surface area contributed by atoms with E-state index in [2.05, 4.69) is 15.6 Å². The van der Waals surface area contributed by atoms with E-state index in [9.17, 15) is 14.0 Å². The standard InChI is InChI=1S/C22H23FN4O4/c1-22(30-11-12-31-22)13-24-21(29)26-19-20(28)27(2)17-10-6-4-8-15(17)18(25-19)14-7-3-5-9-16(14)23/h3-10,19H,11-13H2,1-2H3,(H2,24,26,29). The number of hydrogen-bond acceptors (Lipinski definition) is 5. The molecule has 0 aromatic heterocycles. The van der Waals surface area contributed by atoms with Gasteiger partial charge in [0.05, 0.1) is 31.2 Å². The maximum absolute atomic E-state index is 14.6. The fourth-order valence-electron chi connectivity index (χ4n) is 3.56. The van der Waals surface area contributed by atoms with Gasteiger partial charge in [-0.15, -0.1) is 0 Å². The van der Waals surface area contributed by atoms with Gasteiger partial charge in [-0.05, 0) is 25.1 Å². The maximum atomic E-state index is 14.6. The Morgan fingerprint density at radius 3 is 2.52 bits per heavy atom. The molecule has 2 heterocycles. The van der Waals surface area contributed by atoms with Gasteiger partial charge >= 0.3 is 6.03 Å². The molecule has 8 nitrogen and oxygen atoms in total. The molecule has 2 aromatic rings. The summed E-state index contributed by atoms with van der Waals surface area (Å²) in [5.41, 5.74) is 1.68. The van der Waals surface area contributed by atoms with E-state index in [0.717, 1.165) is 0 Å². The zero-order valence-electron chi connectivity index (χ0n) is 17.2. The lowest BCUT2D eigenvalue weighted by molar-refractivity contribution is -0.136. The van der Waals surface area contributed by atoms with Crippen molar-refractivity contribution in [2.45, 2.75) is 18.9 Å². The van der Waals surface area contributed by atoms with Gasteiger partial charge < -0.3 is 25.0 Å². The largest absolute Gasteiger partial charge is 0.346 e. The molecule has 2 aliphatic heterocycles. The third-order valence-electron chi connectivity index (χ3n) is 5.21. The van der Waals surface area contributed by atoms with Gasteiger partial charge in [-0.3, -0.25) is 4.79 Å². The Morgan fingerprint density at radius 2 is 1.81 bits per heavy atom. The number of aliphatic imine (C=N–C) groups is 1. The number of benzodiazepines with no additional fused rings is 1. The average Bonchev–Trinajstić information content (AvgIpc) is 3.18. The number of urea groups is 1. The smallest absolute Gasteiger partial charge is 0.317 e. The Bertz CT molecular complexity index is 1040. The van der Waals surface area contributed by atoms with Gasteiger partial charge in [0, 0.05) is 18.2 Å². The molecule has 2 N–H and O–H groups in total. The third kappa shape index (κ3) is 4.28. The lowest BCUT2D eigenvalue weighted by Gasteiger charge is -2.24. The first kappa shape index (κ1) is 21.0. The first-order chi connectivity index (χ1) is 14.9. The molecule has 1 atom stereocenters. The van der Waals surface area contributed by atoms with E-state index >= 15 is 0 Å². The number of fused-ring (bicyclic) bond motifs is 1. The zero-order valence-corrected chi connectivity index (χ0v) is 17.2. The van der Waals surface area contributed by atoms with E-state index in [1.54, 1.807) is 56.4 Å². The van der Waals surface area contributed by atoms with Crippen molar-refractivity contribution in [1.82, 2.24) is 10.6 Å². The lowest BCUT2D eigenvalue weighted by Crippen LogP contribution is -2.52. The summed E-state index contributed by atoms with van der Waals surface area (Å²) in [5.74, 6) is -1.84. The van der Waals surface area contributed by atoms with Gasteiger partial charge in [-0.1, -0.05) is 30.3 Å². The van der Waals surface area contributed by atoms with Crippen molar-refractivity contribution in [3.8, 4) is 0 Å². The van der Waals surface area contributed by atoms with Crippen LogP contribution in [-0.4, -0.2) is 56.4 Å². The van der Waals surface area contributed by atoms with Crippen molar-refractivity contribution in [3.05, 3.63) is 65.5 Å². The second-order valence-corrected chi connectivity index (χ2v) is 7.43. The number of likely N-dealkylation sites (N-methyl/N-ethyl adjacent to an activating group) is 1. The van der Waals surface area contributed by atoms with Gasteiger partial charge in [0.25, 0.3) is 5.91 Å². The van der Waals surface area contributed by atoms with Gasteiger partial charge in [0.1, 0.15) is 5.82 Å². The highest BCUT2D eigenvalue weighted by molar-refractivity contribution is 6.20. The maximum Gasteiger partial charge on any atom is 0.317 e. The summed E-state index contributed by atoms with van der Waals surface area (Å²) in [5, 5.41) is 5.21. The Balaban J connectivity index is 1.64. The lowest BCUT2D eigenvalue weighted by atomic mass is 10.00. The summed E-state index contributed by atoms with van der Waals surface area (Å²) in [6.07, 6.45) is -1.25. The highest BCUT2D eigenvalue weighted by Crippen LogP contribution is 2.28. The molecule has 0 radical (unpaired) electrons. The highest BCUT2D eigenvalue weighted by atomic mass is 19.1. The van der Waals surface area contributed by atoms with Crippen LogP contribution in [0.4, 0.5) is 14.9 Å². The van der Waals surface area contributed by atoms with Crippen LogP contribution in [0.25, 0.3) is 0 Å². The Morgan fingerprint density at radius 1 is 1.16 bits per heavy atom. The number of halogens is 1. The van der Waals surface area contributed by atoms with E-state index in [0.29, 0.717) is 24.5 Å². The van der Waals surface area contributed by atoms with E-state index in [1.165, 1.54) is 11.0 Å². The van der Waals surface area contributed by atoms with Crippen molar-refractivity contribution in [2.75, 3.05) is 31.7 Å². The number of nitrogens with one attached hydrogen (secondary N) is 2. The highest BCUT2D eigenvalue weighted by Gasteiger charge is 2.34. The molecule has 162 valence electrons. The van der Waals surface area contributed by atoms with Crippen molar-refractivity contribution in [1.29, 1.82) is 0 Å². The minimum atomic E-state index is -1.25. The number of rotatable bonds is 4. The number of amides is 3. The molecule has 0 saturated carbocycles. The second kappa shape index (κ2) is 8.44. The molecule has 0 bridgehead atoms. The SMILES string of the molecule is CN1C(=O)C(NC(=O)NCC2(C)OCCO2)N=C(c2ccccc2F)c2ccccc21. The minimum absolute atomic E-state index is 0.0969. The molecule has 4 rings (SSSR count). The molecular formula is C22H23FN4O4. The molecule has 3 amide bonds. The van der Waals surface area contributed by atoms with Gasteiger partial charge in [0.15, 0.2) is 5.79 Å². The molecule has 0 spiro atoms.